The summed E-state index contributed by atoms with van der Waals surface area (Å²) in [4.78, 5) is 34.7. The number of alkyl carbamates (subject to hydrolysis) is 1. The Morgan fingerprint density at radius 2 is 0.935 bits per heavy atom. The number of carbonyl (C=O) groups excluding carboxylic acids is 3. The van der Waals surface area contributed by atoms with Gasteiger partial charge in [0.05, 0.1) is 72.0 Å². The summed E-state index contributed by atoms with van der Waals surface area (Å²) in [5.41, 5.74) is 5.29. The Labute approximate surface area is 277 Å². The number of likely N-dealkylation sites (N-methyl/N-ethyl adjacent to an activating group) is 2. The molecule has 0 saturated heterocycles. The normalized spacial score (nSPS) is 12.0. The number of methoxy groups -OCH3 is 1. The molecule has 0 radical (unpaired) electrons. The van der Waals surface area contributed by atoms with Crippen molar-refractivity contribution in [1.82, 2.24) is 37.2 Å². The average Bonchev–Trinajstić information content (AvgIpc) is 3.06. The van der Waals surface area contributed by atoms with E-state index in [4.69, 9.17) is 24.7 Å². The minimum Gasteiger partial charge on any atom is -0.453 e. The number of hydrogen-bond acceptors (Lipinski definition) is 13. The molecule has 0 aliphatic carbocycles. The molecule has 0 heterocycles. The quantitative estimate of drug-likeness (QED) is 0.0399. The highest BCUT2D eigenvalue weighted by molar-refractivity contribution is 5.82. The van der Waals surface area contributed by atoms with E-state index in [0.717, 1.165) is 51.6 Å². The first-order valence-corrected chi connectivity index (χ1v) is 16.4. The molecule has 0 bridgehead atoms. The van der Waals surface area contributed by atoms with E-state index in [1.807, 2.05) is 21.1 Å². The number of amides is 3. The molecule has 46 heavy (non-hydrogen) atoms. The van der Waals surface area contributed by atoms with E-state index in [0.29, 0.717) is 79.0 Å². The van der Waals surface area contributed by atoms with Crippen molar-refractivity contribution in [1.29, 1.82) is 0 Å². The number of carbonyl (C=O) groups is 3. The second kappa shape index (κ2) is 37.3. The van der Waals surface area contributed by atoms with Crippen LogP contribution in [-0.4, -0.2) is 157 Å². The number of nitrogens with one attached hydrogen (secondary N) is 7. The number of hydrogen-bond donors (Lipinski definition) is 8. The predicted octanol–water partition coefficient (Wildman–Crippen LogP) is -1.46. The average molecular weight is 667 g/mol. The molecule has 0 aromatic heterocycles. The lowest BCUT2D eigenvalue weighted by atomic mass is 10.1. The van der Waals surface area contributed by atoms with Crippen molar-refractivity contribution in [3.8, 4) is 0 Å². The van der Waals surface area contributed by atoms with Gasteiger partial charge in [0.25, 0.3) is 0 Å². The number of nitrogens with two attached hydrogens (primary N) is 1. The summed E-state index contributed by atoms with van der Waals surface area (Å²) in [5, 5.41) is 20.5. The molecule has 3 amide bonds. The minimum absolute atomic E-state index is 0.000641. The van der Waals surface area contributed by atoms with Crippen molar-refractivity contribution in [3.63, 3.8) is 0 Å². The van der Waals surface area contributed by atoms with E-state index < -0.39 is 6.09 Å². The highest BCUT2D eigenvalue weighted by Crippen LogP contribution is 2.01. The third-order valence-corrected chi connectivity index (χ3v) is 6.47. The van der Waals surface area contributed by atoms with E-state index in [2.05, 4.69) is 42.0 Å². The van der Waals surface area contributed by atoms with Gasteiger partial charge in [0.1, 0.15) is 0 Å². The van der Waals surface area contributed by atoms with Crippen molar-refractivity contribution >= 4 is 17.9 Å². The van der Waals surface area contributed by atoms with Gasteiger partial charge in [0.15, 0.2) is 0 Å². The molecule has 0 saturated carbocycles. The number of unbranched alkanes of at least 4 members (excludes halogenated alkanes) is 2. The zero-order valence-electron chi connectivity index (χ0n) is 29.1. The minimum atomic E-state index is -0.475. The van der Waals surface area contributed by atoms with Crippen molar-refractivity contribution in [3.05, 3.63) is 0 Å². The molecule has 0 aliphatic heterocycles. The maximum Gasteiger partial charge on any atom is 0.406 e. The van der Waals surface area contributed by atoms with Gasteiger partial charge in [-0.2, -0.15) is 0 Å². The first-order chi connectivity index (χ1) is 22.4. The Kier molecular flexibility index (Phi) is 37.3. The first kappa shape index (κ1) is 46.0. The predicted molar refractivity (Wildman–Crippen MR) is 180 cm³/mol. The lowest BCUT2D eigenvalue weighted by Crippen LogP contribution is -2.43. The lowest BCUT2D eigenvalue weighted by molar-refractivity contribution is -0.124. The largest absolute Gasteiger partial charge is 0.453 e. The monoisotopic (exact) mass is 667 g/mol. The van der Waals surface area contributed by atoms with E-state index in [9.17, 15) is 14.4 Å². The molecule has 2 atom stereocenters. The highest BCUT2D eigenvalue weighted by atomic mass is 16.5. The van der Waals surface area contributed by atoms with Crippen LogP contribution in [-0.2, 0) is 33.3 Å². The van der Waals surface area contributed by atoms with Gasteiger partial charge in [-0.05, 0) is 67.0 Å². The van der Waals surface area contributed by atoms with Gasteiger partial charge < -0.3 is 66.6 Å². The molecule has 2 unspecified atom stereocenters. The van der Waals surface area contributed by atoms with Crippen molar-refractivity contribution in [2.24, 2.45) is 5.73 Å². The van der Waals surface area contributed by atoms with E-state index >= 15 is 0 Å². The number of ether oxygens (including phenoxy) is 5. The van der Waals surface area contributed by atoms with Crippen molar-refractivity contribution in [2.45, 2.75) is 50.6 Å². The third kappa shape index (κ3) is 31.8. The second-order valence-electron chi connectivity index (χ2n) is 10.1. The van der Waals surface area contributed by atoms with E-state index in [1.165, 1.54) is 7.11 Å². The molecule has 0 rings (SSSR count). The van der Waals surface area contributed by atoms with Crippen LogP contribution < -0.4 is 43.0 Å². The summed E-state index contributed by atoms with van der Waals surface area (Å²) in [6.07, 6.45) is 5.34. The van der Waals surface area contributed by atoms with E-state index in [-0.39, 0.29) is 23.9 Å². The Morgan fingerprint density at radius 1 is 0.543 bits per heavy atom. The van der Waals surface area contributed by atoms with Crippen LogP contribution in [0.4, 0.5) is 4.79 Å². The van der Waals surface area contributed by atoms with E-state index in [1.54, 1.807) is 7.05 Å². The van der Waals surface area contributed by atoms with Crippen LogP contribution in [0.15, 0.2) is 0 Å². The van der Waals surface area contributed by atoms with Gasteiger partial charge in [0.2, 0.25) is 11.8 Å². The molecule has 0 aromatic carbocycles. The van der Waals surface area contributed by atoms with Crippen LogP contribution in [0.1, 0.15) is 38.5 Å². The second-order valence-corrected chi connectivity index (χ2v) is 10.1. The summed E-state index contributed by atoms with van der Waals surface area (Å²) >= 11 is 0. The molecular weight excluding hydrogens is 600 g/mol. The van der Waals surface area contributed by atoms with Gasteiger partial charge in [-0.3, -0.25) is 9.59 Å². The van der Waals surface area contributed by atoms with Gasteiger partial charge in [0, 0.05) is 26.2 Å². The molecule has 0 aromatic rings. The Bertz CT molecular complexity index is 697. The van der Waals surface area contributed by atoms with Crippen LogP contribution in [0.25, 0.3) is 0 Å². The summed E-state index contributed by atoms with van der Waals surface area (Å²) in [6.45, 7) is 7.66. The van der Waals surface area contributed by atoms with Crippen molar-refractivity contribution < 1.29 is 38.1 Å². The van der Waals surface area contributed by atoms with Crippen LogP contribution in [0.2, 0.25) is 0 Å². The fourth-order valence-electron chi connectivity index (χ4n) is 3.88. The van der Waals surface area contributed by atoms with Gasteiger partial charge >= 0.3 is 6.09 Å². The first-order valence-electron chi connectivity index (χ1n) is 16.4. The zero-order chi connectivity index (χ0) is 34.5. The summed E-state index contributed by atoms with van der Waals surface area (Å²) in [6, 6.07) is -0.294. The van der Waals surface area contributed by atoms with Crippen LogP contribution in [0, 0.1) is 0 Å². The highest BCUT2D eigenvalue weighted by Gasteiger charge is 2.15. The van der Waals surface area contributed by atoms with Gasteiger partial charge in [-0.15, -0.1) is 0 Å². The molecule has 0 spiro atoms. The van der Waals surface area contributed by atoms with Crippen LogP contribution in [0.3, 0.4) is 0 Å². The Morgan fingerprint density at radius 3 is 1.28 bits per heavy atom. The Hall–Kier alpha value is -2.15. The summed E-state index contributed by atoms with van der Waals surface area (Å²) in [5.74, 6) is 0.0330. The van der Waals surface area contributed by atoms with Crippen LogP contribution >= 0.6 is 0 Å². The molecular formula is C30H66N8O8. The Balaban J connectivity index is 0. The molecule has 274 valence electrons. The number of rotatable bonds is 31. The fraction of sp³-hybridized carbons (Fsp3) is 0.900. The zero-order valence-corrected chi connectivity index (χ0v) is 29.1. The maximum atomic E-state index is 12.0. The van der Waals surface area contributed by atoms with Gasteiger partial charge in [-0.1, -0.05) is 12.8 Å². The standard InChI is InChI=1S/C16H34N4O5.C14H32N4O3/c1-17-7-5-4-6-14(18-2)15(21)19-8-10-24-12-13-25-11-9-20-16(22)23-3;1-16-7-4-3-5-13(17-2)14(19)18-8-10-21-12-11-20-9-6-15/h14,17-18H,4-13H2,1-3H3,(H,19,21)(H,20,22);13,16-17H,3-12,15H2,1-2H3,(H,18,19). The molecule has 0 aliphatic rings. The molecule has 9 N–H and O–H groups in total. The third-order valence-electron chi connectivity index (χ3n) is 6.47. The summed E-state index contributed by atoms with van der Waals surface area (Å²) < 4.78 is 25.6. The summed E-state index contributed by atoms with van der Waals surface area (Å²) in [7, 11) is 8.78. The van der Waals surface area contributed by atoms with Gasteiger partial charge in [-0.25, -0.2) is 4.79 Å². The van der Waals surface area contributed by atoms with Crippen LogP contribution in [0.5, 0.6) is 0 Å². The SMILES string of the molecule is CNCCCCC(NC)C(=O)NCCOCCOCCN.CNCCCCC(NC)C(=O)NCCOCCOCCNC(=O)OC. The molecule has 0 fully saturated rings. The lowest BCUT2D eigenvalue weighted by Gasteiger charge is -2.16. The van der Waals surface area contributed by atoms with Crippen molar-refractivity contribution in [2.75, 3.05) is 127 Å². The smallest absolute Gasteiger partial charge is 0.406 e. The molecule has 16 nitrogen and oxygen atoms in total. The topological polar surface area (TPSA) is 208 Å². The molecule has 16 heteroatoms. The fourth-order valence-corrected chi connectivity index (χ4v) is 3.88. The maximum absolute atomic E-state index is 12.0.